The SMILES string of the molecule is CCN1C(=O)CCc2cc(CNS(=O)(=O)CCC(F)(F)F)ccc21. The molecule has 0 fully saturated rings. The van der Waals surface area contributed by atoms with Crippen molar-refractivity contribution in [1.82, 2.24) is 4.72 Å². The van der Waals surface area contributed by atoms with Crippen LogP contribution in [0, 0.1) is 0 Å². The van der Waals surface area contributed by atoms with Gasteiger partial charge in [0.15, 0.2) is 0 Å². The number of nitrogens with zero attached hydrogens (tertiary/aromatic N) is 1. The number of hydrogen-bond acceptors (Lipinski definition) is 3. The van der Waals surface area contributed by atoms with Gasteiger partial charge in [-0.2, -0.15) is 13.2 Å². The molecule has 2 rings (SSSR count). The summed E-state index contributed by atoms with van der Waals surface area (Å²) in [6.45, 7) is 2.35. The molecule has 1 aliphatic heterocycles. The number of rotatable bonds is 6. The van der Waals surface area contributed by atoms with Gasteiger partial charge in [-0.05, 0) is 30.5 Å². The minimum atomic E-state index is -4.50. The topological polar surface area (TPSA) is 66.5 Å². The third kappa shape index (κ3) is 4.94. The van der Waals surface area contributed by atoms with Crippen molar-refractivity contribution in [1.29, 1.82) is 0 Å². The van der Waals surface area contributed by atoms with Crippen LogP contribution in [0.25, 0.3) is 0 Å². The van der Waals surface area contributed by atoms with Gasteiger partial charge in [0.2, 0.25) is 15.9 Å². The number of fused-ring (bicyclic) bond motifs is 1. The number of anilines is 1. The minimum absolute atomic E-state index is 0.0469. The van der Waals surface area contributed by atoms with Crippen LogP contribution in [0.1, 0.15) is 30.9 Å². The van der Waals surface area contributed by atoms with Crippen LogP contribution < -0.4 is 9.62 Å². The summed E-state index contributed by atoms with van der Waals surface area (Å²) in [5.41, 5.74) is 2.38. The minimum Gasteiger partial charge on any atom is -0.312 e. The first-order chi connectivity index (χ1) is 11.1. The first kappa shape index (κ1) is 18.7. The standard InChI is InChI=1S/C15H19F3N2O3S/c1-2-20-13-5-3-11(9-12(13)4-6-14(20)21)10-19-24(22,23)8-7-15(16,17)18/h3,5,9,19H,2,4,6-8,10H2,1H3. The number of carbonyl (C=O) groups excluding carboxylic acids is 1. The quantitative estimate of drug-likeness (QED) is 0.843. The van der Waals surface area contributed by atoms with Gasteiger partial charge in [-0.1, -0.05) is 12.1 Å². The van der Waals surface area contributed by atoms with Gasteiger partial charge in [-0.3, -0.25) is 4.79 Å². The highest BCUT2D eigenvalue weighted by molar-refractivity contribution is 7.89. The smallest absolute Gasteiger partial charge is 0.312 e. The summed E-state index contributed by atoms with van der Waals surface area (Å²) in [4.78, 5) is 13.5. The van der Waals surface area contributed by atoms with E-state index >= 15 is 0 Å². The Balaban J connectivity index is 2.03. The Hall–Kier alpha value is -1.61. The lowest BCUT2D eigenvalue weighted by Gasteiger charge is -2.28. The normalized spacial score (nSPS) is 15.5. The molecule has 0 saturated heterocycles. The van der Waals surface area contributed by atoms with Crippen LogP contribution in [0.2, 0.25) is 0 Å². The molecule has 0 spiro atoms. The van der Waals surface area contributed by atoms with Gasteiger partial charge in [0, 0.05) is 25.2 Å². The molecule has 1 N–H and O–H groups in total. The van der Waals surface area contributed by atoms with E-state index in [1.54, 1.807) is 23.1 Å². The van der Waals surface area contributed by atoms with E-state index < -0.39 is 28.4 Å². The van der Waals surface area contributed by atoms with Gasteiger partial charge >= 0.3 is 6.18 Å². The van der Waals surface area contributed by atoms with Crippen molar-refractivity contribution >= 4 is 21.6 Å². The summed E-state index contributed by atoms with van der Waals surface area (Å²) in [7, 11) is -3.99. The van der Waals surface area contributed by atoms with Crippen LogP contribution >= 0.6 is 0 Å². The monoisotopic (exact) mass is 364 g/mol. The number of amides is 1. The van der Waals surface area contributed by atoms with Crippen molar-refractivity contribution in [2.24, 2.45) is 0 Å². The van der Waals surface area contributed by atoms with E-state index in [0.29, 0.717) is 24.9 Å². The second-order valence-corrected chi connectivity index (χ2v) is 7.53. The van der Waals surface area contributed by atoms with Crippen LogP contribution in [0.4, 0.5) is 18.9 Å². The highest BCUT2D eigenvalue weighted by Crippen LogP contribution is 2.28. The first-order valence-corrected chi connectivity index (χ1v) is 9.23. The van der Waals surface area contributed by atoms with Gasteiger partial charge in [-0.15, -0.1) is 0 Å². The van der Waals surface area contributed by atoms with Crippen molar-refractivity contribution in [3.05, 3.63) is 29.3 Å². The lowest BCUT2D eigenvalue weighted by Crippen LogP contribution is -2.35. The average Bonchev–Trinajstić information content (AvgIpc) is 2.50. The molecule has 1 amide bonds. The lowest BCUT2D eigenvalue weighted by atomic mass is 9.99. The molecular formula is C15H19F3N2O3S. The zero-order valence-electron chi connectivity index (χ0n) is 13.2. The number of halogens is 3. The van der Waals surface area contributed by atoms with Gasteiger partial charge in [0.25, 0.3) is 0 Å². The van der Waals surface area contributed by atoms with Gasteiger partial charge < -0.3 is 4.90 Å². The molecule has 0 aliphatic carbocycles. The summed E-state index contributed by atoms with van der Waals surface area (Å²) in [5, 5.41) is 0. The summed E-state index contributed by atoms with van der Waals surface area (Å²) >= 11 is 0. The third-order valence-electron chi connectivity index (χ3n) is 3.81. The van der Waals surface area contributed by atoms with Crippen molar-refractivity contribution in [2.45, 2.75) is 38.9 Å². The van der Waals surface area contributed by atoms with E-state index in [9.17, 15) is 26.4 Å². The number of alkyl halides is 3. The summed E-state index contributed by atoms with van der Waals surface area (Å²) < 4.78 is 61.8. The van der Waals surface area contributed by atoms with E-state index in [0.717, 1.165) is 11.3 Å². The Morgan fingerprint density at radius 3 is 2.58 bits per heavy atom. The molecule has 0 aromatic heterocycles. The molecule has 1 aromatic rings. The van der Waals surface area contributed by atoms with Crippen molar-refractivity contribution < 1.29 is 26.4 Å². The molecule has 0 atom stereocenters. The van der Waals surface area contributed by atoms with Crippen molar-refractivity contribution in [3.8, 4) is 0 Å². The van der Waals surface area contributed by atoms with E-state index in [4.69, 9.17) is 0 Å². The number of carbonyl (C=O) groups is 1. The van der Waals surface area contributed by atoms with Gasteiger partial charge in [-0.25, -0.2) is 13.1 Å². The van der Waals surface area contributed by atoms with E-state index in [1.807, 2.05) is 6.92 Å². The van der Waals surface area contributed by atoms with Gasteiger partial charge in [0.1, 0.15) is 0 Å². The van der Waals surface area contributed by atoms with Crippen LogP contribution in [-0.4, -0.2) is 32.8 Å². The maximum absolute atomic E-state index is 12.1. The number of hydrogen-bond donors (Lipinski definition) is 1. The largest absolute Gasteiger partial charge is 0.390 e. The molecule has 134 valence electrons. The Morgan fingerprint density at radius 2 is 1.96 bits per heavy atom. The number of nitrogens with one attached hydrogen (secondary N) is 1. The third-order valence-corrected chi connectivity index (χ3v) is 5.14. The maximum atomic E-state index is 12.1. The Kier molecular flexibility index (Phi) is 5.54. The number of aryl methyl sites for hydroxylation is 1. The van der Waals surface area contributed by atoms with E-state index in [2.05, 4.69) is 4.72 Å². The molecule has 0 saturated carbocycles. The number of benzene rings is 1. The summed E-state index contributed by atoms with van der Waals surface area (Å²) in [6, 6.07) is 5.21. The van der Waals surface area contributed by atoms with Gasteiger partial charge in [0.05, 0.1) is 12.2 Å². The fourth-order valence-corrected chi connectivity index (χ4v) is 3.62. The fourth-order valence-electron chi connectivity index (χ4n) is 2.59. The Bertz CT molecular complexity index is 717. The second kappa shape index (κ2) is 7.10. The highest BCUT2D eigenvalue weighted by Gasteiger charge is 2.30. The highest BCUT2D eigenvalue weighted by atomic mass is 32.2. The molecule has 0 unspecified atom stereocenters. The molecule has 5 nitrogen and oxygen atoms in total. The van der Waals surface area contributed by atoms with Crippen LogP contribution in [0.15, 0.2) is 18.2 Å². The Morgan fingerprint density at radius 1 is 1.25 bits per heavy atom. The maximum Gasteiger partial charge on any atom is 0.390 e. The van der Waals surface area contributed by atoms with Crippen molar-refractivity contribution in [2.75, 3.05) is 17.2 Å². The van der Waals surface area contributed by atoms with Crippen LogP contribution in [-0.2, 0) is 27.8 Å². The molecule has 0 radical (unpaired) electrons. The molecule has 0 bridgehead atoms. The molecule has 24 heavy (non-hydrogen) atoms. The number of sulfonamides is 1. The average molecular weight is 364 g/mol. The molecule has 1 aliphatic rings. The first-order valence-electron chi connectivity index (χ1n) is 7.57. The molecule has 1 aromatic carbocycles. The lowest BCUT2D eigenvalue weighted by molar-refractivity contribution is -0.130. The Labute approximate surface area is 138 Å². The molecule has 9 heteroatoms. The zero-order chi connectivity index (χ0) is 18.0. The molecular weight excluding hydrogens is 345 g/mol. The fraction of sp³-hybridized carbons (Fsp3) is 0.533. The second-order valence-electron chi connectivity index (χ2n) is 5.61. The zero-order valence-corrected chi connectivity index (χ0v) is 14.0. The summed E-state index contributed by atoms with van der Waals surface area (Å²) in [6.07, 6.45) is -4.92. The van der Waals surface area contributed by atoms with Crippen molar-refractivity contribution in [3.63, 3.8) is 0 Å². The summed E-state index contributed by atoms with van der Waals surface area (Å²) in [5.74, 6) is -0.940. The predicted molar refractivity (Wildman–Crippen MR) is 84.1 cm³/mol. The van der Waals surface area contributed by atoms with E-state index in [-0.39, 0.29) is 12.5 Å². The molecule has 1 heterocycles. The predicted octanol–water partition coefficient (Wildman–Crippen LogP) is 2.36. The van der Waals surface area contributed by atoms with E-state index in [1.165, 1.54) is 0 Å². The van der Waals surface area contributed by atoms with Crippen LogP contribution in [0.3, 0.4) is 0 Å². The van der Waals surface area contributed by atoms with Crippen LogP contribution in [0.5, 0.6) is 0 Å².